The van der Waals surface area contributed by atoms with Crippen molar-refractivity contribution in [1.82, 2.24) is 4.72 Å². The van der Waals surface area contributed by atoms with Crippen molar-refractivity contribution >= 4 is 21.7 Å². The fourth-order valence-electron chi connectivity index (χ4n) is 1.40. The van der Waals surface area contributed by atoms with Crippen LogP contribution in [0.5, 0.6) is 0 Å². The second kappa shape index (κ2) is 4.54. The van der Waals surface area contributed by atoms with E-state index in [2.05, 4.69) is 9.44 Å². The van der Waals surface area contributed by atoms with Gasteiger partial charge in [0.05, 0.1) is 11.3 Å². The van der Waals surface area contributed by atoms with Crippen molar-refractivity contribution in [2.24, 2.45) is 5.73 Å². The molecule has 0 radical (unpaired) electrons. The first-order valence-corrected chi connectivity index (χ1v) is 6.80. The Hall–Kier alpha value is -1.67. The minimum atomic E-state index is -3.66. The lowest BCUT2D eigenvalue weighted by molar-refractivity contribution is 0.586. The Morgan fingerprint density at radius 2 is 2.11 bits per heavy atom. The van der Waals surface area contributed by atoms with Gasteiger partial charge in [0.15, 0.2) is 0 Å². The van der Waals surface area contributed by atoms with Crippen LogP contribution in [0.1, 0.15) is 18.4 Å². The highest BCUT2D eigenvalue weighted by Crippen LogP contribution is 2.21. The number of halogens is 1. The molecule has 1 aromatic rings. The Kier molecular flexibility index (Phi) is 3.22. The van der Waals surface area contributed by atoms with Gasteiger partial charge >= 0.3 is 0 Å². The molecule has 0 unspecified atom stereocenters. The van der Waals surface area contributed by atoms with E-state index < -0.39 is 21.9 Å². The fourth-order valence-corrected chi connectivity index (χ4v) is 2.57. The Balaban J connectivity index is 2.18. The molecule has 6 nitrogen and oxygen atoms in total. The monoisotopic (exact) mass is 272 g/mol. The third-order valence-corrected chi connectivity index (χ3v) is 3.56. The molecule has 8 heteroatoms. The third-order valence-electron chi connectivity index (χ3n) is 2.41. The predicted octanol–water partition coefficient (Wildman–Crippen LogP) is 0.518. The van der Waals surface area contributed by atoms with Crippen molar-refractivity contribution in [2.45, 2.75) is 18.9 Å². The van der Waals surface area contributed by atoms with Crippen LogP contribution >= 0.6 is 0 Å². The van der Waals surface area contributed by atoms with Crippen molar-refractivity contribution < 1.29 is 12.8 Å². The number of nitrogens with one attached hydrogen (secondary N) is 3. The summed E-state index contributed by atoms with van der Waals surface area (Å²) in [5.74, 6) is -1.12. The van der Waals surface area contributed by atoms with E-state index in [4.69, 9.17) is 11.1 Å². The Bertz CT molecular complexity index is 584. The molecule has 1 aromatic carbocycles. The van der Waals surface area contributed by atoms with Crippen LogP contribution in [0.15, 0.2) is 18.2 Å². The largest absolute Gasteiger partial charge is 0.384 e. The Morgan fingerprint density at radius 3 is 2.67 bits per heavy atom. The van der Waals surface area contributed by atoms with Gasteiger partial charge in [-0.25, -0.2) is 4.39 Å². The molecule has 0 aromatic heterocycles. The molecule has 1 aliphatic carbocycles. The van der Waals surface area contributed by atoms with E-state index >= 15 is 0 Å². The fraction of sp³-hybridized carbons (Fsp3) is 0.300. The summed E-state index contributed by atoms with van der Waals surface area (Å²) in [6.07, 6.45) is 1.64. The minimum absolute atomic E-state index is 0.0183. The first-order chi connectivity index (χ1) is 8.37. The van der Waals surface area contributed by atoms with Gasteiger partial charge in [-0.3, -0.25) is 10.1 Å². The van der Waals surface area contributed by atoms with Gasteiger partial charge < -0.3 is 5.73 Å². The molecule has 2 rings (SSSR count). The molecule has 0 atom stereocenters. The molecule has 0 amide bonds. The molecule has 18 heavy (non-hydrogen) atoms. The molecule has 0 bridgehead atoms. The highest BCUT2D eigenvalue weighted by atomic mass is 32.2. The summed E-state index contributed by atoms with van der Waals surface area (Å²) in [5.41, 5.74) is 5.21. The van der Waals surface area contributed by atoms with E-state index in [1.54, 1.807) is 0 Å². The minimum Gasteiger partial charge on any atom is -0.384 e. The second-order valence-electron chi connectivity index (χ2n) is 4.11. The quantitative estimate of drug-likeness (QED) is 0.463. The van der Waals surface area contributed by atoms with Gasteiger partial charge in [-0.2, -0.15) is 13.1 Å². The molecule has 98 valence electrons. The maximum atomic E-state index is 13.3. The lowest BCUT2D eigenvalue weighted by Crippen LogP contribution is -2.31. The lowest BCUT2D eigenvalue weighted by Gasteiger charge is -2.10. The van der Waals surface area contributed by atoms with Crippen LogP contribution in [-0.4, -0.2) is 20.3 Å². The molecular formula is C10H13FN4O2S. The van der Waals surface area contributed by atoms with Crippen molar-refractivity contribution in [2.75, 3.05) is 4.72 Å². The summed E-state index contributed by atoms with van der Waals surface area (Å²) < 4.78 is 41.2. The highest BCUT2D eigenvalue weighted by Gasteiger charge is 2.26. The number of anilines is 1. The topological polar surface area (TPSA) is 108 Å². The van der Waals surface area contributed by atoms with Crippen molar-refractivity contribution in [3.63, 3.8) is 0 Å². The number of benzene rings is 1. The smallest absolute Gasteiger partial charge is 0.299 e. The molecule has 1 fully saturated rings. The standard InChI is InChI=1S/C10H13FN4O2S/c11-9-4-3-7(5-8(9)10(12)13)15-18(16,17)14-6-1-2-6/h3-6,14-15H,1-2H2,(H3,12,13). The van der Waals surface area contributed by atoms with E-state index in [-0.39, 0.29) is 17.3 Å². The SMILES string of the molecule is N=C(N)c1cc(NS(=O)(=O)NC2CC2)ccc1F. The van der Waals surface area contributed by atoms with Gasteiger partial charge in [0.2, 0.25) is 0 Å². The van der Waals surface area contributed by atoms with E-state index in [1.807, 2.05) is 0 Å². The number of hydrogen-bond acceptors (Lipinski definition) is 3. The lowest BCUT2D eigenvalue weighted by atomic mass is 10.2. The zero-order valence-corrected chi connectivity index (χ0v) is 10.2. The van der Waals surface area contributed by atoms with Crippen molar-refractivity contribution in [1.29, 1.82) is 5.41 Å². The van der Waals surface area contributed by atoms with Gasteiger partial charge in [0, 0.05) is 6.04 Å². The number of nitrogens with two attached hydrogens (primary N) is 1. The number of nitrogen functional groups attached to an aromatic ring is 1. The predicted molar refractivity (Wildman–Crippen MR) is 66.1 cm³/mol. The number of rotatable bonds is 5. The first kappa shape index (κ1) is 12.8. The van der Waals surface area contributed by atoms with Crippen LogP contribution in [0.25, 0.3) is 0 Å². The summed E-state index contributed by atoms with van der Waals surface area (Å²) in [6.45, 7) is 0. The van der Waals surface area contributed by atoms with Crippen molar-refractivity contribution in [3.8, 4) is 0 Å². The number of hydrogen-bond donors (Lipinski definition) is 4. The van der Waals surface area contributed by atoms with Crippen LogP contribution in [0.2, 0.25) is 0 Å². The molecule has 0 heterocycles. The van der Waals surface area contributed by atoms with Crippen LogP contribution in [-0.2, 0) is 10.2 Å². The van der Waals surface area contributed by atoms with Crippen LogP contribution in [0, 0.1) is 11.2 Å². The van der Waals surface area contributed by atoms with Gasteiger partial charge in [0.1, 0.15) is 11.7 Å². The van der Waals surface area contributed by atoms with Crippen LogP contribution < -0.4 is 15.2 Å². The molecule has 0 aliphatic heterocycles. The van der Waals surface area contributed by atoms with Gasteiger partial charge in [-0.15, -0.1) is 0 Å². The van der Waals surface area contributed by atoms with Crippen molar-refractivity contribution in [3.05, 3.63) is 29.6 Å². The maximum absolute atomic E-state index is 13.3. The average molecular weight is 272 g/mol. The van der Waals surface area contributed by atoms with E-state index in [0.717, 1.165) is 18.9 Å². The molecular weight excluding hydrogens is 259 g/mol. The first-order valence-electron chi connectivity index (χ1n) is 5.31. The summed E-state index contributed by atoms with van der Waals surface area (Å²) in [4.78, 5) is 0. The van der Waals surface area contributed by atoms with Gasteiger partial charge in [-0.1, -0.05) is 0 Å². The summed E-state index contributed by atoms with van der Waals surface area (Å²) >= 11 is 0. The van der Waals surface area contributed by atoms with Gasteiger partial charge in [0.25, 0.3) is 10.2 Å². The normalized spacial score (nSPS) is 15.4. The molecule has 1 saturated carbocycles. The van der Waals surface area contributed by atoms with E-state index in [0.29, 0.717) is 0 Å². The van der Waals surface area contributed by atoms with E-state index in [9.17, 15) is 12.8 Å². The van der Waals surface area contributed by atoms with Crippen LogP contribution in [0.3, 0.4) is 0 Å². The average Bonchev–Trinajstić information content (AvgIpc) is 3.03. The molecule has 5 N–H and O–H groups in total. The van der Waals surface area contributed by atoms with E-state index in [1.165, 1.54) is 12.1 Å². The molecule has 1 aliphatic rings. The molecule has 0 spiro atoms. The highest BCUT2D eigenvalue weighted by molar-refractivity contribution is 7.90. The summed E-state index contributed by atoms with van der Waals surface area (Å²) in [6, 6.07) is 3.50. The Morgan fingerprint density at radius 1 is 1.44 bits per heavy atom. The zero-order chi connectivity index (χ0) is 13.3. The number of amidine groups is 1. The summed E-state index contributed by atoms with van der Waals surface area (Å²) in [5, 5.41) is 7.17. The maximum Gasteiger partial charge on any atom is 0.299 e. The third kappa shape index (κ3) is 3.17. The van der Waals surface area contributed by atoms with Crippen LogP contribution in [0.4, 0.5) is 10.1 Å². The zero-order valence-electron chi connectivity index (χ0n) is 9.40. The Labute approximate surface area is 104 Å². The molecule has 0 saturated heterocycles. The second-order valence-corrected chi connectivity index (χ2v) is 5.55. The summed E-state index contributed by atoms with van der Waals surface area (Å²) in [7, 11) is -3.66. The van der Waals surface area contributed by atoms with Gasteiger partial charge in [-0.05, 0) is 31.0 Å².